The third kappa shape index (κ3) is 3.63. The molecule has 1 aromatic rings. The fourth-order valence-electron chi connectivity index (χ4n) is 1.76. The monoisotopic (exact) mass is 278 g/mol. The molecule has 6 heteroatoms. The zero-order chi connectivity index (χ0) is 14.5. The summed E-state index contributed by atoms with van der Waals surface area (Å²) in [5.41, 5.74) is 0.512. The van der Waals surface area contributed by atoms with E-state index in [2.05, 4.69) is 10.6 Å². The number of nitrogens with one attached hydrogen (secondary N) is 2. The maximum Gasteiger partial charge on any atom is 0.243 e. The van der Waals surface area contributed by atoms with Crippen LogP contribution in [0.1, 0.15) is 12.8 Å². The number of rotatable bonds is 6. The highest BCUT2D eigenvalue weighted by Crippen LogP contribution is 2.29. The molecule has 0 heterocycles. The first-order valence-corrected chi connectivity index (χ1v) is 6.43. The van der Waals surface area contributed by atoms with Gasteiger partial charge in [-0.15, -0.1) is 0 Å². The molecule has 0 bridgehead atoms. The topological polar surface area (TPSA) is 76.7 Å². The number of carbonyl (C=O) groups is 2. The van der Waals surface area contributed by atoms with E-state index in [1.54, 1.807) is 25.3 Å². The van der Waals surface area contributed by atoms with Gasteiger partial charge in [0.05, 0.1) is 26.5 Å². The van der Waals surface area contributed by atoms with Gasteiger partial charge >= 0.3 is 0 Å². The van der Waals surface area contributed by atoms with E-state index in [0.717, 1.165) is 12.8 Å². The van der Waals surface area contributed by atoms with Gasteiger partial charge in [-0.1, -0.05) is 0 Å². The molecule has 1 aliphatic rings. The fraction of sp³-hybridized carbons (Fsp3) is 0.429. The van der Waals surface area contributed by atoms with E-state index in [9.17, 15) is 9.59 Å². The van der Waals surface area contributed by atoms with Crippen LogP contribution in [0.5, 0.6) is 11.5 Å². The Morgan fingerprint density at radius 3 is 2.60 bits per heavy atom. The molecule has 2 amide bonds. The van der Waals surface area contributed by atoms with Gasteiger partial charge in [0.2, 0.25) is 11.8 Å². The van der Waals surface area contributed by atoms with Crippen molar-refractivity contribution in [2.45, 2.75) is 12.8 Å². The lowest BCUT2D eigenvalue weighted by molar-refractivity contribution is -0.125. The van der Waals surface area contributed by atoms with Crippen LogP contribution in [0, 0.1) is 5.92 Å². The largest absolute Gasteiger partial charge is 0.497 e. The van der Waals surface area contributed by atoms with Gasteiger partial charge in [-0.3, -0.25) is 9.59 Å². The van der Waals surface area contributed by atoms with Crippen LogP contribution in [0.15, 0.2) is 18.2 Å². The van der Waals surface area contributed by atoms with Crippen molar-refractivity contribution < 1.29 is 19.1 Å². The lowest BCUT2D eigenvalue weighted by Gasteiger charge is -2.12. The molecule has 1 fully saturated rings. The average Bonchev–Trinajstić information content (AvgIpc) is 3.29. The number of methoxy groups -OCH3 is 2. The van der Waals surface area contributed by atoms with E-state index >= 15 is 0 Å². The highest BCUT2D eigenvalue weighted by molar-refractivity contribution is 5.96. The van der Waals surface area contributed by atoms with Gasteiger partial charge in [-0.2, -0.15) is 0 Å². The third-order valence-corrected chi connectivity index (χ3v) is 3.05. The van der Waals surface area contributed by atoms with E-state index in [-0.39, 0.29) is 24.3 Å². The second-order valence-corrected chi connectivity index (χ2v) is 4.61. The number of carbonyl (C=O) groups excluding carboxylic acids is 2. The minimum atomic E-state index is -0.300. The highest BCUT2D eigenvalue weighted by Gasteiger charge is 2.29. The van der Waals surface area contributed by atoms with Crippen LogP contribution < -0.4 is 20.1 Å². The summed E-state index contributed by atoms with van der Waals surface area (Å²) in [4.78, 5) is 23.3. The van der Waals surface area contributed by atoms with E-state index in [0.29, 0.717) is 17.2 Å². The standard InChI is InChI=1S/C14H18N2O4/c1-19-10-5-6-12(20-2)11(7-10)16-13(17)8-15-14(18)9-3-4-9/h5-7,9H,3-4,8H2,1-2H3,(H,15,18)(H,16,17). The molecule has 0 aliphatic heterocycles. The molecule has 0 saturated heterocycles. The molecule has 0 unspecified atom stereocenters. The number of anilines is 1. The van der Waals surface area contributed by atoms with Crippen molar-refractivity contribution in [3.8, 4) is 11.5 Å². The predicted molar refractivity (Wildman–Crippen MR) is 73.9 cm³/mol. The Kier molecular flexibility index (Phi) is 4.45. The maximum atomic E-state index is 11.8. The van der Waals surface area contributed by atoms with Crippen molar-refractivity contribution in [2.24, 2.45) is 5.92 Å². The lowest BCUT2D eigenvalue weighted by atomic mass is 10.2. The van der Waals surface area contributed by atoms with Gasteiger partial charge in [-0.25, -0.2) is 0 Å². The number of amides is 2. The summed E-state index contributed by atoms with van der Waals surface area (Å²) >= 11 is 0. The van der Waals surface area contributed by atoms with Gasteiger partial charge in [0.15, 0.2) is 0 Å². The molecular formula is C14H18N2O4. The van der Waals surface area contributed by atoms with Crippen molar-refractivity contribution in [3.63, 3.8) is 0 Å². The molecule has 0 spiro atoms. The Labute approximate surface area is 117 Å². The smallest absolute Gasteiger partial charge is 0.243 e. The van der Waals surface area contributed by atoms with Crippen LogP contribution in [0.4, 0.5) is 5.69 Å². The Balaban J connectivity index is 1.93. The van der Waals surface area contributed by atoms with Gasteiger partial charge in [0.1, 0.15) is 11.5 Å². The molecule has 0 aromatic heterocycles. The van der Waals surface area contributed by atoms with Crippen molar-refractivity contribution >= 4 is 17.5 Å². The SMILES string of the molecule is COc1ccc(OC)c(NC(=O)CNC(=O)C2CC2)c1. The molecule has 6 nitrogen and oxygen atoms in total. The summed E-state index contributed by atoms with van der Waals surface area (Å²) in [5.74, 6) is 0.883. The van der Waals surface area contributed by atoms with Crippen LogP contribution in [-0.4, -0.2) is 32.6 Å². The number of hydrogen-bond acceptors (Lipinski definition) is 4. The second-order valence-electron chi connectivity index (χ2n) is 4.61. The van der Waals surface area contributed by atoms with Crippen LogP contribution >= 0.6 is 0 Å². The number of ether oxygens (including phenoxy) is 2. The van der Waals surface area contributed by atoms with Gasteiger partial charge in [0.25, 0.3) is 0 Å². The summed E-state index contributed by atoms with van der Waals surface area (Å²) in [6.45, 7) is -0.0459. The summed E-state index contributed by atoms with van der Waals surface area (Å²) in [5, 5.41) is 5.30. The van der Waals surface area contributed by atoms with Crippen LogP contribution in [0.3, 0.4) is 0 Å². The molecule has 1 saturated carbocycles. The Morgan fingerprint density at radius 1 is 1.25 bits per heavy atom. The van der Waals surface area contributed by atoms with E-state index in [4.69, 9.17) is 9.47 Å². The normalized spacial score (nSPS) is 13.5. The number of benzene rings is 1. The minimum Gasteiger partial charge on any atom is -0.497 e. The molecule has 0 atom stereocenters. The molecule has 20 heavy (non-hydrogen) atoms. The van der Waals surface area contributed by atoms with Crippen LogP contribution in [0.25, 0.3) is 0 Å². The zero-order valence-electron chi connectivity index (χ0n) is 11.6. The summed E-state index contributed by atoms with van der Waals surface area (Å²) in [6, 6.07) is 5.11. The van der Waals surface area contributed by atoms with Crippen LogP contribution in [-0.2, 0) is 9.59 Å². The Hall–Kier alpha value is -2.24. The van der Waals surface area contributed by atoms with Gasteiger partial charge in [-0.05, 0) is 25.0 Å². The van der Waals surface area contributed by atoms with Crippen LogP contribution in [0.2, 0.25) is 0 Å². The zero-order valence-corrected chi connectivity index (χ0v) is 11.6. The first-order valence-electron chi connectivity index (χ1n) is 6.43. The first-order chi connectivity index (χ1) is 9.63. The van der Waals surface area contributed by atoms with Crippen molar-refractivity contribution in [2.75, 3.05) is 26.1 Å². The molecule has 2 rings (SSSR count). The predicted octanol–water partition coefficient (Wildman–Crippen LogP) is 1.17. The minimum absolute atomic E-state index is 0.0459. The molecule has 2 N–H and O–H groups in total. The summed E-state index contributed by atoms with van der Waals surface area (Å²) in [7, 11) is 3.07. The van der Waals surface area contributed by atoms with Crippen molar-refractivity contribution in [1.29, 1.82) is 0 Å². The summed E-state index contributed by atoms with van der Waals surface area (Å²) in [6.07, 6.45) is 1.83. The first kappa shape index (κ1) is 14.2. The molecular weight excluding hydrogens is 260 g/mol. The van der Waals surface area contributed by atoms with E-state index < -0.39 is 0 Å². The molecule has 1 aliphatic carbocycles. The highest BCUT2D eigenvalue weighted by atomic mass is 16.5. The van der Waals surface area contributed by atoms with Crippen molar-refractivity contribution in [1.82, 2.24) is 5.32 Å². The fourth-order valence-corrected chi connectivity index (χ4v) is 1.76. The molecule has 108 valence electrons. The van der Waals surface area contributed by atoms with Gasteiger partial charge in [0, 0.05) is 12.0 Å². The Bertz CT molecular complexity index is 512. The second kappa shape index (κ2) is 6.27. The maximum absolute atomic E-state index is 11.8. The van der Waals surface area contributed by atoms with E-state index in [1.807, 2.05) is 0 Å². The third-order valence-electron chi connectivity index (χ3n) is 3.05. The van der Waals surface area contributed by atoms with Gasteiger partial charge < -0.3 is 20.1 Å². The van der Waals surface area contributed by atoms with Crippen molar-refractivity contribution in [3.05, 3.63) is 18.2 Å². The Morgan fingerprint density at radius 2 is 2.00 bits per heavy atom. The number of hydrogen-bond donors (Lipinski definition) is 2. The summed E-state index contributed by atoms with van der Waals surface area (Å²) < 4.78 is 10.3. The molecule has 1 aromatic carbocycles. The molecule has 0 radical (unpaired) electrons. The van der Waals surface area contributed by atoms with E-state index in [1.165, 1.54) is 7.11 Å². The quantitative estimate of drug-likeness (QED) is 0.819. The lowest BCUT2D eigenvalue weighted by Crippen LogP contribution is -2.33. The average molecular weight is 278 g/mol.